The Balaban J connectivity index is 0.850. The minimum atomic E-state index is -4.38. The predicted molar refractivity (Wildman–Crippen MR) is 156 cm³/mol. The van der Waals surface area contributed by atoms with Crippen LogP contribution in [-0.4, -0.2) is 72.6 Å². The second kappa shape index (κ2) is 10.9. The summed E-state index contributed by atoms with van der Waals surface area (Å²) in [6.07, 6.45) is 0.279. The van der Waals surface area contributed by atoms with Gasteiger partial charge in [-0.25, -0.2) is 19.2 Å². The standard InChI is InChI=1S/C31H32F4N8O3/c32-27-22(5-6-24(27)46-29(44)39-30-10-17(11-30)12-30)23-9-25(41-40-23)38-28-36-8-7-26-37-19(14-43(26)28)13-42-15-21(16-42)45-20-3-1-18(2-4-20)31(33,34)35/h1-4,7-9,14,17,21-22,24,27H,5-6,10-13,15-16H2,(H,39,44)(H2,36,38,40,41)/t17?,22-,24-,27-,30?/m0/s1. The summed E-state index contributed by atoms with van der Waals surface area (Å²) in [6.45, 7) is 1.79. The first-order valence-corrected chi connectivity index (χ1v) is 15.4. The van der Waals surface area contributed by atoms with E-state index >= 15 is 4.39 Å². The molecule has 11 nitrogen and oxygen atoms in total. The molecule has 0 unspecified atom stereocenters. The molecule has 0 spiro atoms. The first-order chi connectivity index (χ1) is 22.1. The maximum atomic E-state index is 15.4. The Labute approximate surface area is 260 Å². The topological polar surface area (TPSA) is 122 Å². The van der Waals surface area contributed by atoms with Gasteiger partial charge in [0.1, 0.15) is 29.8 Å². The molecular weight excluding hydrogens is 608 g/mol. The Kier molecular flexibility index (Phi) is 6.85. The van der Waals surface area contributed by atoms with E-state index < -0.39 is 36.0 Å². The van der Waals surface area contributed by atoms with Gasteiger partial charge < -0.3 is 20.1 Å². The Morgan fingerprint density at radius 3 is 2.61 bits per heavy atom. The van der Waals surface area contributed by atoms with Crippen molar-refractivity contribution in [2.75, 3.05) is 18.4 Å². The lowest BCUT2D eigenvalue weighted by Gasteiger charge is -2.61. The number of H-pyrrole nitrogens is 1. The van der Waals surface area contributed by atoms with Crippen LogP contribution in [0.15, 0.2) is 48.8 Å². The normalized spacial score (nSPS) is 27.5. The third-order valence-electron chi connectivity index (χ3n) is 9.63. The van der Waals surface area contributed by atoms with E-state index in [1.165, 1.54) is 12.1 Å². The van der Waals surface area contributed by atoms with Gasteiger partial charge in [0.15, 0.2) is 5.82 Å². The highest BCUT2D eigenvalue weighted by atomic mass is 19.4. The monoisotopic (exact) mass is 640 g/mol. The van der Waals surface area contributed by atoms with Crippen LogP contribution < -0.4 is 15.4 Å². The van der Waals surface area contributed by atoms with Crippen LogP contribution in [0.1, 0.15) is 55.0 Å². The molecular formula is C31H32F4N8O3. The van der Waals surface area contributed by atoms with Gasteiger partial charge in [-0.1, -0.05) is 0 Å². The van der Waals surface area contributed by atoms with E-state index in [-0.39, 0.29) is 11.6 Å². The number of alkyl carbamates (subject to hydrolysis) is 1. The molecule has 4 heterocycles. The average Bonchev–Trinajstić information content (AvgIpc) is 3.68. The Morgan fingerprint density at radius 2 is 1.89 bits per heavy atom. The van der Waals surface area contributed by atoms with Crippen molar-refractivity contribution in [3.63, 3.8) is 0 Å². The number of benzene rings is 1. The third kappa shape index (κ3) is 5.50. The van der Waals surface area contributed by atoms with Crippen LogP contribution in [0.25, 0.3) is 5.65 Å². The van der Waals surface area contributed by atoms with Crippen molar-refractivity contribution in [3.05, 3.63) is 65.7 Å². The van der Waals surface area contributed by atoms with Gasteiger partial charge in [0.2, 0.25) is 5.95 Å². The molecule has 4 aliphatic carbocycles. The molecule has 242 valence electrons. The maximum Gasteiger partial charge on any atom is 0.416 e. The molecule has 46 heavy (non-hydrogen) atoms. The summed E-state index contributed by atoms with van der Waals surface area (Å²) in [6, 6.07) is 8.24. The Hall–Kier alpha value is -4.40. The molecule has 1 amide bonds. The number of likely N-dealkylation sites (tertiary alicyclic amines) is 1. The van der Waals surface area contributed by atoms with Gasteiger partial charge in [-0.2, -0.15) is 18.3 Å². The van der Waals surface area contributed by atoms with Crippen molar-refractivity contribution in [2.45, 2.75) is 74.7 Å². The average molecular weight is 641 g/mol. The molecule has 5 fully saturated rings. The lowest BCUT2D eigenvalue weighted by atomic mass is 9.50. The van der Waals surface area contributed by atoms with Crippen molar-refractivity contribution < 1.29 is 31.8 Å². The Morgan fingerprint density at radius 1 is 1.11 bits per heavy atom. The number of amides is 1. The summed E-state index contributed by atoms with van der Waals surface area (Å²) in [4.78, 5) is 23.6. The van der Waals surface area contributed by atoms with Gasteiger partial charge in [0.25, 0.3) is 0 Å². The lowest BCUT2D eigenvalue weighted by molar-refractivity contribution is -0.137. The highest BCUT2D eigenvalue weighted by molar-refractivity contribution is 5.69. The number of nitrogens with zero attached hydrogens (tertiary/aromatic N) is 5. The molecule has 15 heteroatoms. The van der Waals surface area contributed by atoms with Crippen LogP contribution in [0.5, 0.6) is 5.75 Å². The molecule has 1 saturated heterocycles. The number of alkyl halides is 4. The number of nitrogens with one attached hydrogen (secondary N) is 3. The number of hydrogen-bond acceptors (Lipinski definition) is 8. The summed E-state index contributed by atoms with van der Waals surface area (Å²) in [5, 5.41) is 13.4. The highest BCUT2D eigenvalue weighted by Crippen LogP contribution is 2.57. The van der Waals surface area contributed by atoms with Crippen LogP contribution in [0.4, 0.5) is 34.1 Å². The van der Waals surface area contributed by atoms with Crippen LogP contribution in [0.2, 0.25) is 0 Å². The largest absolute Gasteiger partial charge is 0.488 e. The molecule has 1 aliphatic heterocycles. The van der Waals surface area contributed by atoms with Gasteiger partial charge in [0.05, 0.1) is 11.3 Å². The second-order valence-electron chi connectivity index (χ2n) is 13.0. The molecule has 5 aliphatic rings. The zero-order chi connectivity index (χ0) is 31.6. The number of imidazole rings is 1. The molecule has 0 radical (unpaired) electrons. The maximum absolute atomic E-state index is 15.4. The van der Waals surface area contributed by atoms with E-state index in [9.17, 15) is 18.0 Å². The molecule has 2 bridgehead atoms. The second-order valence-corrected chi connectivity index (χ2v) is 13.0. The van der Waals surface area contributed by atoms with Crippen molar-refractivity contribution in [1.82, 2.24) is 34.8 Å². The van der Waals surface area contributed by atoms with Crippen molar-refractivity contribution in [3.8, 4) is 5.75 Å². The van der Waals surface area contributed by atoms with E-state index in [1.54, 1.807) is 18.3 Å². The van der Waals surface area contributed by atoms with Crippen LogP contribution in [0, 0.1) is 5.92 Å². The fourth-order valence-corrected chi connectivity index (χ4v) is 7.10. The zero-order valence-corrected chi connectivity index (χ0v) is 24.6. The number of carbonyl (C=O) groups excluding carboxylic acids is 1. The van der Waals surface area contributed by atoms with E-state index in [2.05, 4.69) is 30.7 Å². The number of aromatic nitrogens is 5. The van der Waals surface area contributed by atoms with E-state index in [4.69, 9.17) is 14.5 Å². The molecule has 3 atom stereocenters. The number of rotatable bonds is 9. The highest BCUT2D eigenvalue weighted by Gasteiger charge is 2.58. The van der Waals surface area contributed by atoms with Crippen LogP contribution >= 0.6 is 0 Å². The van der Waals surface area contributed by atoms with Gasteiger partial charge in [-0.3, -0.25) is 14.4 Å². The molecule has 3 N–H and O–H groups in total. The van der Waals surface area contributed by atoms with E-state index in [1.807, 2.05) is 10.6 Å². The summed E-state index contributed by atoms with van der Waals surface area (Å²) in [5.74, 6) is 1.60. The quantitative estimate of drug-likeness (QED) is 0.210. The van der Waals surface area contributed by atoms with E-state index in [0.29, 0.717) is 61.3 Å². The first-order valence-electron chi connectivity index (χ1n) is 15.4. The molecule has 4 saturated carbocycles. The van der Waals surface area contributed by atoms with Crippen molar-refractivity contribution >= 4 is 23.5 Å². The SMILES string of the molecule is O=C(NC12CC(C1)C2)O[C@H]1CC[C@@H](c2cc(Nc3nccc4nc(CN5CC(Oc6ccc(C(F)(F)F)cc6)C5)cn34)n[nH]2)[C@@H]1F. The smallest absolute Gasteiger partial charge is 0.416 e. The number of aromatic amines is 1. The minimum Gasteiger partial charge on any atom is -0.488 e. The van der Waals surface area contributed by atoms with Crippen molar-refractivity contribution in [2.24, 2.45) is 5.92 Å². The van der Waals surface area contributed by atoms with Crippen LogP contribution in [-0.2, 0) is 17.5 Å². The minimum absolute atomic E-state index is 0.115. The number of halogens is 4. The number of anilines is 2. The zero-order valence-electron chi connectivity index (χ0n) is 24.6. The van der Waals surface area contributed by atoms with E-state index in [0.717, 1.165) is 43.0 Å². The summed E-state index contributed by atoms with van der Waals surface area (Å²) < 4.78 is 66.8. The van der Waals surface area contributed by atoms with Gasteiger partial charge in [0, 0.05) is 55.2 Å². The van der Waals surface area contributed by atoms with Gasteiger partial charge in [-0.05, 0) is 68.4 Å². The summed E-state index contributed by atoms with van der Waals surface area (Å²) in [7, 11) is 0. The number of ether oxygens (including phenoxy) is 2. The summed E-state index contributed by atoms with van der Waals surface area (Å²) in [5.41, 5.74) is 1.28. The number of carbonyl (C=O) groups is 1. The van der Waals surface area contributed by atoms with Crippen molar-refractivity contribution in [1.29, 1.82) is 0 Å². The summed E-state index contributed by atoms with van der Waals surface area (Å²) >= 11 is 0. The molecule has 1 aromatic carbocycles. The number of hydrogen-bond donors (Lipinski definition) is 3. The fraction of sp³-hybridized carbons (Fsp3) is 0.484. The van der Waals surface area contributed by atoms with Gasteiger partial charge >= 0.3 is 12.3 Å². The third-order valence-corrected chi connectivity index (χ3v) is 9.63. The Bertz CT molecular complexity index is 1740. The fourth-order valence-electron chi connectivity index (χ4n) is 7.10. The molecule has 4 aromatic rings. The predicted octanol–water partition coefficient (Wildman–Crippen LogP) is 5.34. The first kappa shape index (κ1) is 29.0. The van der Waals surface area contributed by atoms with Crippen LogP contribution in [0.3, 0.4) is 0 Å². The number of fused-ring (bicyclic) bond motifs is 1. The molecule has 9 rings (SSSR count). The molecule has 3 aromatic heterocycles. The van der Waals surface area contributed by atoms with Gasteiger partial charge in [-0.15, -0.1) is 0 Å². The lowest BCUT2D eigenvalue weighted by Crippen LogP contribution is -2.68.